The highest BCUT2D eigenvalue weighted by Crippen LogP contribution is 2.12. The van der Waals surface area contributed by atoms with Gasteiger partial charge in [0.05, 0.1) is 6.10 Å². The molecule has 0 aromatic heterocycles. The van der Waals surface area contributed by atoms with Crippen LogP contribution in [0, 0.1) is 5.92 Å². The number of carbonyl (C=O) groups is 2. The fourth-order valence-corrected chi connectivity index (χ4v) is 2.32. The van der Waals surface area contributed by atoms with E-state index in [-0.39, 0.29) is 24.3 Å². The zero-order valence-electron chi connectivity index (χ0n) is 14.0. The Bertz CT molecular complexity index is 534. The third kappa shape index (κ3) is 7.10. The van der Waals surface area contributed by atoms with Gasteiger partial charge < -0.3 is 15.7 Å². The van der Waals surface area contributed by atoms with Gasteiger partial charge in [0.15, 0.2) is 0 Å². The molecule has 0 heterocycles. The summed E-state index contributed by atoms with van der Waals surface area (Å²) in [5.41, 5.74) is 1.57. The highest BCUT2D eigenvalue weighted by molar-refractivity contribution is 5.92. The van der Waals surface area contributed by atoms with E-state index in [4.69, 9.17) is 0 Å². The standard InChI is InChI=1S/C18H26N2O3/c1-4-15(5-2)17(22)12-19-18(23)11-8-14-6-9-16(10-7-14)20-13(3)21/h6-11,15,17,22H,4-5,12H2,1-3H3,(H,19,23)(H,20,21)/b11-8+. The molecule has 1 rings (SSSR count). The van der Waals surface area contributed by atoms with Crippen molar-refractivity contribution < 1.29 is 14.7 Å². The van der Waals surface area contributed by atoms with Gasteiger partial charge in [-0.2, -0.15) is 0 Å². The molecule has 126 valence electrons. The molecule has 1 aromatic carbocycles. The van der Waals surface area contributed by atoms with Gasteiger partial charge in [-0.05, 0) is 29.7 Å². The lowest BCUT2D eigenvalue weighted by Crippen LogP contribution is -2.35. The van der Waals surface area contributed by atoms with Crippen molar-refractivity contribution in [2.75, 3.05) is 11.9 Å². The summed E-state index contributed by atoms with van der Waals surface area (Å²) in [6.07, 6.45) is 4.40. The second-order valence-corrected chi connectivity index (χ2v) is 5.53. The summed E-state index contributed by atoms with van der Waals surface area (Å²) in [7, 11) is 0. The maximum atomic E-state index is 11.8. The molecule has 0 saturated carbocycles. The highest BCUT2D eigenvalue weighted by atomic mass is 16.3. The monoisotopic (exact) mass is 318 g/mol. The molecule has 1 unspecified atom stereocenters. The van der Waals surface area contributed by atoms with Crippen molar-refractivity contribution in [1.29, 1.82) is 0 Å². The fourth-order valence-electron chi connectivity index (χ4n) is 2.32. The van der Waals surface area contributed by atoms with Gasteiger partial charge in [0, 0.05) is 25.2 Å². The number of amides is 2. The predicted octanol–water partition coefficient (Wildman–Crippen LogP) is 2.57. The van der Waals surface area contributed by atoms with Crippen molar-refractivity contribution in [1.82, 2.24) is 5.32 Å². The Morgan fingerprint density at radius 2 is 1.78 bits per heavy atom. The molecule has 5 heteroatoms. The van der Waals surface area contributed by atoms with Crippen LogP contribution in [0.3, 0.4) is 0 Å². The molecule has 0 bridgehead atoms. The Kier molecular flexibility index (Phi) is 8.05. The number of anilines is 1. The summed E-state index contributed by atoms with van der Waals surface area (Å²) in [4.78, 5) is 22.7. The first-order valence-corrected chi connectivity index (χ1v) is 7.97. The third-order valence-corrected chi connectivity index (χ3v) is 3.74. The van der Waals surface area contributed by atoms with E-state index in [0.29, 0.717) is 5.69 Å². The lowest BCUT2D eigenvalue weighted by Gasteiger charge is -2.19. The minimum Gasteiger partial charge on any atom is -0.391 e. The van der Waals surface area contributed by atoms with E-state index in [0.717, 1.165) is 18.4 Å². The average Bonchev–Trinajstić information content (AvgIpc) is 2.53. The van der Waals surface area contributed by atoms with Crippen LogP contribution >= 0.6 is 0 Å². The van der Waals surface area contributed by atoms with Crippen LogP contribution in [-0.2, 0) is 9.59 Å². The van der Waals surface area contributed by atoms with E-state index in [9.17, 15) is 14.7 Å². The van der Waals surface area contributed by atoms with Crippen LogP contribution in [0.4, 0.5) is 5.69 Å². The zero-order valence-corrected chi connectivity index (χ0v) is 14.0. The van der Waals surface area contributed by atoms with E-state index in [1.807, 2.05) is 26.0 Å². The Hall–Kier alpha value is -2.14. The molecular formula is C18H26N2O3. The predicted molar refractivity (Wildman–Crippen MR) is 92.9 cm³/mol. The second-order valence-electron chi connectivity index (χ2n) is 5.53. The molecule has 2 amide bonds. The van der Waals surface area contributed by atoms with E-state index >= 15 is 0 Å². The number of benzene rings is 1. The first-order valence-electron chi connectivity index (χ1n) is 7.97. The summed E-state index contributed by atoms with van der Waals surface area (Å²) in [6, 6.07) is 7.17. The smallest absolute Gasteiger partial charge is 0.244 e. The largest absolute Gasteiger partial charge is 0.391 e. The number of rotatable bonds is 8. The number of aliphatic hydroxyl groups is 1. The van der Waals surface area contributed by atoms with Gasteiger partial charge in [0.1, 0.15) is 0 Å². The fraction of sp³-hybridized carbons (Fsp3) is 0.444. The topological polar surface area (TPSA) is 78.4 Å². The number of nitrogens with one attached hydrogen (secondary N) is 2. The minimum absolute atomic E-state index is 0.122. The SMILES string of the molecule is CCC(CC)C(O)CNC(=O)/C=C/c1ccc(NC(C)=O)cc1. The molecule has 1 atom stereocenters. The Balaban J connectivity index is 2.47. The lowest BCUT2D eigenvalue weighted by molar-refractivity contribution is -0.117. The first kappa shape index (κ1) is 18.9. The van der Waals surface area contributed by atoms with Gasteiger partial charge in [0.2, 0.25) is 11.8 Å². The van der Waals surface area contributed by atoms with Gasteiger partial charge in [-0.1, -0.05) is 38.8 Å². The van der Waals surface area contributed by atoms with E-state index in [1.165, 1.54) is 13.0 Å². The van der Waals surface area contributed by atoms with Crippen LogP contribution < -0.4 is 10.6 Å². The zero-order chi connectivity index (χ0) is 17.2. The van der Waals surface area contributed by atoms with Crippen molar-refractivity contribution >= 4 is 23.6 Å². The third-order valence-electron chi connectivity index (χ3n) is 3.74. The number of aliphatic hydroxyl groups excluding tert-OH is 1. The molecule has 0 radical (unpaired) electrons. The van der Waals surface area contributed by atoms with Gasteiger partial charge in [-0.25, -0.2) is 0 Å². The average molecular weight is 318 g/mol. The number of hydrogen-bond acceptors (Lipinski definition) is 3. The maximum absolute atomic E-state index is 11.8. The van der Waals surface area contributed by atoms with Crippen LogP contribution in [-0.4, -0.2) is 29.6 Å². The van der Waals surface area contributed by atoms with Crippen LogP contribution in [0.2, 0.25) is 0 Å². The van der Waals surface area contributed by atoms with Crippen molar-refractivity contribution in [2.24, 2.45) is 5.92 Å². The van der Waals surface area contributed by atoms with Crippen molar-refractivity contribution in [3.05, 3.63) is 35.9 Å². The molecular weight excluding hydrogens is 292 g/mol. The highest BCUT2D eigenvalue weighted by Gasteiger charge is 2.15. The molecule has 0 fully saturated rings. The first-order chi connectivity index (χ1) is 11.0. The maximum Gasteiger partial charge on any atom is 0.244 e. The summed E-state index contributed by atoms with van der Waals surface area (Å²) in [6.45, 7) is 5.78. The van der Waals surface area contributed by atoms with Gasteiger partial charge in [-0.15, -0.1) is 0 Å². The second kappa shape index (κ2) is 9.79. The van der Waals surface area contributed by atoms with Gasteiger partial charge in [0.25, 0.3) is 0 Å². The summed E-state index contributed by atoms with van der Waals surface area (Å²) < 4.78 is 0. The molecule has 1 aromatic rings. The molecule has 0 saturated heterocycles. The molecule has 3 N–H and O–H groups in total. The van der Waals surface area contributed by atoms with Gasteiger partial charge >= 0.3 is 0 Å². The Morgan fingerprint density at radius 3 is 2.30 bits per heavy atom. The Labute approximate surface area is 137 Å². The lowest BCUT2D eigenvalue weighted by atomic mass is 9.96. The quantitative estimate of drug-likeness (QED) is 0.645. The van der Waals surface area contributed by atoms with E-state index in [2.05, 4.69) is 10.6 Å². The molecule has 5 nitrogen and oxygen atoms in total. The minimum atomic E-state index is -0.515. The summed E-state index contributed by atoms with van der Waals surface area (Å²) in [5, 5.41) is 15.4. The molecule has 0 aliphatic heterocycles. The summed E-state index contributed by atoms with van der Waals surface area (Å²) >= 11 is 0. The molecule has 23 heavy (non-hydrogen) atoms. The normalized spacial score (nSPS) is 12.4. The van der Waals surface area contributed by atoms with Crippen molar-refractivity contribution in [3.8, 4) is 0 Å². The van der Waals surface area contributed by atoms with Crippen molar-refractivity contribution in [3.63, 3.8) is 0 Å². The van der Waals surface area contributed by atoms with Crippen molar-refractivity contribution in [2.45, 2.75) is 39.7 Å². The molecule has 0 spiro atoms. The molecule has 0 aliphatic carbocycles. The van der Waals surface area contributed by atoms with Crippen LogP contribution in [0.15, 0.2) is 30.3 Å². The van der Waals surface area contributed by atoms with E-state index in [1.54, 1.807) is 18.2 Å². The summed E-state index contributed by atoms with van der Waals surface area (Å²) in [5.74, 6) is -0.148. The van der Waals surface area contributed by atoms with Crippen LogP contribution in [0.5, 0.6) is 0 Å². The Morgan fingerprint density at radius 1 is 1.17 bits per heavy atom. The van der Waals surface area contributed by atoms with Crippen LogP contribution in [0.1, 0.15) is 39.2 Å². The van der Waals surface area contributed by atoms with Gasteiger partial charge in [-0.3, -0.25) is 9.59 Å². The number of carbonyl (C=O) groups excluding carboxylic acids is 2. The van der Waals surface area contributed by atoms with E-state index < -0.39 is 6.10 Å². The van der Waals surface area contributed by atoms with Crippen LogP contribution in [0.25, 0.3) is 6.08 Å². The number of hydrogen-bond donors (Lipinski definition) is 3. The molecule has 0 aliphatic rings.